The molecule has 0 aromatic rings. The lowest BCUT2D eigenvalue weighted by Crippen LogP contribution is -2.42. The molecule has 0 aromatic heterocycles. The molecule has 1 rings (SSSR count). The van der Waals surface area contributed by atoms with Gasteiger partial charge in [-0.05, 0) is 25.4 Å². The summed E-state index contributed by atoms with van der Waals surface area (Å²) in [5.74, 6) is 0.617. The summed E-state index contributed by atoms with van der Waals surface area (Å²) < 4.78 is 4.51. The first-order valence-corrected chi connectivity index (χ1v) is 3.60. The molecule has 3 nitrogen and oxygen atoms in total. The Balaban J connectivity index is 1.98. The topological polar surface area (TPSA) is 38.3 Å². The van der Waals surface area contributed by atoms with E-state index >= 15 is 0 Å². The zero-order valence-corrected chi connectivity index (χ0v) is 6.22. The first kappa shape index (κ1) is 7.54. The van der Waals surface area contributed by atoms with Gasteiger partial charge >= 0.3 is 5.97 Å². The normalized spacial score (nSPS) is 18.1. The molecule has 0 saturated carbocycles. The van der Waals surface area contributed by atoms with Crippen LogP contribution in [0.5, 0.6) is 0 Å². The lowest BCUT2D eigenvalue weighted by Gasteiger charge is -2.26. The Morgan fingerprint density at radius 1 is 1.70 bits per heavy atom. The zero-order valence-electron chi connectivity index (χ0n) is 6.22. The van der Waals surface area contributed by atoms with Crippen LogP contribution in [0.15, 0.2) is 0 Å². The molecule has 0 spiro atoms. The summed E-state index contributed by atoms with van der Waals surface area (Å²) in [6.07, 6.45) is 1.54. The molecule has 0 atom stereocenters. The van der Waals surface area contributed by atoms with E-state index in [0.717, 1.165) is 19.5 Å². The summed E-state index contributed by atoms with van der Waals surface area (Å²) in [7, 11) is 1.43. The van der Waals surface area contributed by atoms with Crippen LogP contribution < -0.4 is 5.32 Å². The highest BCUT2D eigenvalue weighted by atomic mass is 16.5. The number of carbonyl (C=O) groups excluding carboxylic acids is 1. The van der Waals surface area contributed by atoms with E-state index in [-0.39, 0.29) is 5.97 Å². The summed E-state index contributed by atoms with van der Waals surface area (Å²) in [4.78, 5) is 10.6. The minimum atomic E-state index is -0.0908. The van der Waals surface area contributed by atoms with E-state index in [1.165, 1.54) is 7.11 Å². The largest absolute Gasteiger partial charge is 0.469 e. The van der Waals surface area contributed by atoms with Gasteiger partial charge in [-0.1, -0.05) is 0 Å². The second-order valence-corrected chi connectivity index (χ2v) is 2.64. The fraction of sp³-hybridized carbons (Fsp3) is 0.857. The van der Waals surface area contributed by atoms with Crippen molar-refractivity contribution in [2.45, 2.75) is 12.8 Å². The van der Waals surface area contributed by atoms with Crippen LogP contribution in [-0.4, -0.2) is 26.2 Å². The molecule has 1 fully saturated rings. The van der Waals surface area contributed by atoms with Crippen LogP contribution in [0, 0.1) is 5.92 Å². The summed E-state index contributed by atoms with van der Waals surface area (Å²) >= 11 is 0. The number of rotatable bonds is 3. The third-order valence-electron chi connectivity index (χ3n) is 1.85. The molecule has 0 aromatic carbocycles. The van der Waals surface area contributed by atoms with E-state index in [1.807, 2.05) is 0 Å². The van der Waals surface area contributed by atoms with E-state index < -0.39 is 0 Å². The first-order chi connectivity index (χ1) is 4.83. The summed E-state index contributed by atoms with van der Waals surface area (Å²) in [6, 6.07) is 0. The van der Waals surface area contributed by atoms with Crippen LogP contribution in [-0.2, 0) is 9.53 Å². The highest BCUT2D eigenvalue weighted by molar-refractivity contribution is 5.69. The van der Waals surface area contributed by atoms with Crippen LogP contribution >= 0.6 is 0 Å². The van der Waals surface area contributed by atoms with Crippen molar-refractivity contribution in [3.8, 4) is 0 Å². The molecular weight excluding hydrogens is 130 g/mol. The molecule has 0 aliphatic carbocycles. The average molecular weight is 143 g/mol. The molecule has 0 radical (unpaired) electrons. The Morgan fingerprint density at radius 2 is 2.40 bits per heavy atom. The van der Waals surface area contributed by atoms with Gasteiger partial charge in [0, 0.05) is 6.42 Å². The van der Waals surface area contributed by atoms with Crippen molar-refractivity contribution in [3.63, 3.8) is 0 Å². The number of esters is 1. The number of nitrogens with one attached hydrogen (secondary N) is 1. The van der Waals surface area contributed by atoms with Gasteiger partial charge in [-0.3, -0.25) is 4.79 Å². The Hall–Kier alpha value is -0.570. The Morgan fingerprint density at radius 3 is 2.80 bits per heavy atom. The minimum Gasteiger partial charge on any atom is -0.469 e. The number of ether oxygens (including phenoxy) is 1. The number of carbonyl (C=O) groups is 1. The molecule has 1 saturated heterocycles. The van der Waals surface area contributed by atoms with Crippen molar-refractivity contribution in [1.29, 1.82) is 0 Å². The number of hydrogen-bond donors (Lipinski definition) is 1. The molecule has 0 bridgehead atoms. The molecule has 1 heterocycles. The second-order valence-electron chi connectivity index (χ2n) is 2.64. The van der Waals surface area contributed by atoms with Gasteiger partial charge in [-0.2, -0.15) is 0 Å². The van der Waals surface area contributed by atoms with Gasteiger partial charge in [-0.25, -0.2) is 0 Å². The Kier molecular flexibility index (Phi) is 2.68. The lowest BCUT2D eigenvalue weighted by atomic mass is 9.98. The smallest absolute Gasteiger partial charge is 0.305 e. The highest BCUT2D eigenvalue weighted by Gasteiger charge is 2.17. The monoisotopic (exact) mass is 143 g/mol. The average Bonchev–Trinajstić information content (AvgIpc) is 1.84. The molecule has 1 aliphatic heterocycles. The van der Waals surface area contributed by atoms with E-state index in [9.17, 15) is 4.79 Å². The molecule has 0 unspecified atom stereocenters. The first-order valence-electron chi connectivity index (χ1n) is 3.60. The number of hydrogen-bond acceptors (Lipinski definition) is 3. The highest BCUT2D eigenvalue weighted by Crippen LogP contribution is 2.10. The Labute approximate surface area is 60.7 Å². The molecule has 58 valence electrons. The quantitative estimate of drug-likeness (QED) is 0.572. The third kappa shape index (κ3) is 1.99. The standard InChI is InChI=1S/C7H13NO2/c1-10-7(9)3-2-6-4-8-5-6/h6,8H,2-5H2,1H3. The predicted octanol–water partition coefficient (Wildman–Crippen LogP) is 0.159. The van der Waals surface area contributed by atoms with E-state index in [1.54, 1.807) is 0 Å². The van der Waals surface area contributed by atoms with Crippen molar-refractivity contribution >= 4 is 5.97 Å². The van der Waals surface area contributed by atoms with Crippen molar-refractivity contribution in [1.82, 2.24) is 5.32 Å². The maximum atomic E-state index is 10.6. The van der Waals surface area contributed by atoms with Crippen LogP contribution in [0.3, 0.4) is 0 Å². The molecule has 0 amide bonds. The van der Waals surface area contributed by atoms with Crippen molar-refractivity contribution in [2.24, 2.45) is 5.92 Å². The minimum absolute atomic E-state index is 0.0908. The van der Waals surface area contributed by atoms with Gasteiger partial charge < -0.3 is 10.1 Å². The molecule has 10 heavy (non-hydrogen) atoms. The third-order valence-corrected chi connectivity index (χ3v) is 1.85. The Bertz CT molecular complexity index is 121. The van der Waals surface area contributed by atoms with Gasteiger partial charge in [0.15, 0.2) is 0 Å². The van der Waals surface area contributed by atoms with Gasteiger partial charge in [0.25, 0.3) is 0 Å². The summed E-state index contributed by atoms with van der Waals surface area (Å²) in [6.45, 7) is 2.13. The molecule has 1 aliphatic rings. The van der Waals surface area contributed by atoms with Crippen LogP contribution in [0.1, 0.15) is 12.8 Å². The van der Waals surface area contributed by atoms with Gasteiger partial charge in [0.1, 0.15) is 0 Å². The van der Waals surface area contributed by atoms with Gasteiger partial charge in [0.2, 0.25) is 0 Å². The van der Waals surface area contributed by atoms with Gasteiger partial charge in [-0.15, -0.1) is 0 Å². The second kappa shape index (κ2) is 3.56. The predicted molar refractivity (Wildman–Crippen MR) is 37.6 cm³/mol. The molecule has 1 N–H and O–H groups in total. The maximum Gasteiger partial charge on any atom is 0.305 e. The lowest BCUT2D eigenvalue weighted by molar-refractivity contribution is -0.141. The molecule has 3 heteroatoms. The van der Waals surface area contributed by atoms with Crippen LogP contribution in [0.2, 0.25) is 0 Å². The van der Waals surface area contributed by atoms with Crippen LogP contribution in [0.25, 0.3) is 0 Å². The van der Waals surface area contributed by atoms with Crippen molar-refractivity contribution in [2.75, 3.05) is 20.2 Å². The molecular formula is C7H13NO2. The fourth-order valence-electron chi connectivity index (χ4n) is 0.977. The van der Waals surface area contributed by atoms with E-state index in [2.05, 4.69) is 10.1 Å². The fourth-order valence-corrected chi connectivity index (χ4v) is 0.977. The van der Waals surface area contributed by atoms with Crippen LogP contribution in [0.4, 0.5) is 0 Å². The van der Waals surface area contributed by atoms with E-state index in [4.69, 9.17) is 0 Å². The zero-order chi connectivity index (χ0) is 7.40. The van der Waals surface area contributed by atoms with Crippen molar-refractivity contribution < 1.29 is 9.53 Å². The van der Waals surface area contributed by atoms with E-state index in [0.29, 0.717) is 12.3 Å². The summed E-state index contributed by atoms with van der Waals surface area (Å²) in [5, 5.41) is 3.15. The maximum absolute atomic E-state index is 10.6. The summed E-state index contributed by atoms with van der Waals surface area (Å²) in [5.41, 5.74) is 0. The number of methoxy groups -OCH3 is 1. The SMILES string of the molecule is COC(=O)CCC1CNC1. The van der Waals surface area contributed by atoms with Crippen molar-refractivity contribution in [3.05, 3.63) is 0 Å². The van der Waals surface area contributed by atoms with Gasteiger partial charge in [0.05, 0.1) is 7.11 Å².